The molecule has 3 rings (SSSR count). The largest absolute Gasteiger partial charge is 0.381 e. The molecule has 6 nitrogen and oxygen atoms in total. The SMILES string of the molecule is C[C@@H](N(F)C(=O)c1cc(F)c(F)c(F)c1F)C(O)(Cn1cncn1)c1ccc(F)cc1F. The van der Waals surface area contributed by atoms with Crippen molar-refractivity contribution in [2.24, 2.45) is 0 Å². The molecule has 3 aromatic rings. The summed E-state index contributed by atoms with van der Waals surface area (Å²) in [6, 6.07) is -0.191. The lowest BCUT2D eigenvalue weighted by atomic mass is 9.86. The second-order valence-electron chi connectivity index (χ2n) is 6.78. The normalized spacial score (nSPS) is 14.2. The molecular weight excluding hydrogens is 449 g/mol. The van der Waals surface area contributed by atoms with Crippen molar-refractivity contribution in [3.8, 4) is 0 Å². The fourth-order valence-corrected chi connectivity index (χ4v) is 3.05. The smallest absolute Gasteiger partial charge is 0.285 e. The molecule has 1 unspecified atom stereocenters. The van der Waals surface area contributed by atoms with Crippen molar-refractivity contribution in [3.63, 3.8) is 0 Å². The number of hydrogen-bond acceptors (Lipinski definition) is 4. The van der Waals surface area contributed by atoms with Gasteiger partial charge in [0.2, 0.25) is 0 Å². The maximum atomic E-state index is 15.0. The topological polar surface area (TPSA) is 71.2 Å². The van der Waals surface area contributed by atoms with Crippen LogP contribution in [0.25, 0.3) is 0 Å². The third-order valence-electron chi connectivity index (χ3n) is 4.83. The first-order valence-electron chi connectivity index (χ1n) is 8.80. The predicted molar refractivity (Wildman–Crippen MR) is 93.3 cm³/mol. The third-order valence-corrected chi connectivity index (χ3v) is 4.83. The van der Waals surface area contributed by atoms with E-state index in [1.807, 2.05) is 0 Å². The van der Waals surface area contributed by atoms with E-state index < -0.39 is 75.2 Å². The van der Waals surface area contributed by atoms with Gasteiger partial charge in [-0.15, -0.1) is 0 Å². The lowest BCUT2D eigenvalue weighted by Crippen LogP contribution is -2.51. The zero-order valence-corrected chi connectivity index (χ0v) is 16.0. The van der Waals surface area contributed by atoms with Gasteiger partial charge in [-0.1, -0.05) is 10.5 Å². The second kappa shape index (κ2) is 8.57. The number of amides is 1. The summed E-state index contributed by atoms with van der Waals surface area (Å²) in [6.07, 6.45) is 2.10. The lowest BCUT2D eigenvalue weighted by molar-refractivity contribution is -0.109. The van der Waals surface area contributed by atoms with Gasteiger partial charge < -0.3 is 5.11 Å². The van der Waals surface area contributed by atoms with E-state index in [9.17, 15) is 36.2 Å². The van der Waals surface area contributed by atoms with Gasteiger partial charge in [-0.05, 0) is 19.1 Å². The number of halogens is 7. The van der Waals surface area contributed by atoms with E-state index in [1.54, 1.807) is 0 Å². The van der Waals surface area contributed by atoms with E-state index in [1.165, 1.54) is 0 Å². The van der Waals surface area contributed by atoms with Crippen LogP contribution in [0.15, 0.2) is 36.9 Å². The number of benzene rings is 2. The minimum Gasteiger partial charge on any atom is -0.381 e. The second-order valence-corrected chi connectivity index (χ2v) is 6.78. The van der Waals surface area contributed by atoms with Gasteiger partial charge in [-0.2, -0.15) is 10.2 Å². The molecule has 0 saturated carbocycles. The van der Waals surface area contributed by atoms with Gasteiger partial charge in [0.1, 0.15) is 29.9 Å². The van der Waals surface area contributed by atoms with Gasteiger partial charge in [0.25, 0.3) is 5.91 Å². The molecule has 0 radical (unpaired) electrons. The van der Waals surface area contributed by atoms with E-state index in [2.05, 4.69) is 10.1 Å². The van der Waals surface area contributed by atoms with Crippen LogP contribution in [-0.4, -0.2) is 36.9 Å². The molecule has 1 aromatic heterocycles. The summed E-state index contributed by atoms with van der Waals surface area (Å²) in [5, 5.41) is 14.1. The zero-order valence-electron chi connectivity index (χ0n) is 16.0. The highest BCUT2D eigenvalue weighted by Gasteiger charge is 2.45. The molecule has 0 bridgehead atoms. The van der Waals surface area contributed by atoms with Crippen molar-refractivity contribution in [1.29, 1.82) is 0 Å². The van der Waals surface area contributed by atoms with Gasteiger partial charge in [-0.3, -0.25) is 4.79 Å². The summed E-state index contributed by atoms with van der Waals surface area (Å²) in [5.41, 5.74) is -4.85. The summed E-state index contributed by atoms with van der Waals surface area (Å²) in [5.74, 6) is -13.0. The van der Waals surface area contributed by atoms with Gasteiger partial charge in [0, 0.05) is 11.6 Å². The van der Waals surface area contributed by atoms with Crippen LogP contribution in [0.5, 0.6) is 0 Å². The molecule has 0 spiro atoms. The van der Waals surface area contributed by atoms with E-state index in [-0.39, 0.29) is 6.07 Å². The molecule has 2 atom stereocenters. The maximum Gasteiger partial charge on any atom is 0.285 e. The van der Waals surface area contributed by atoms with Crippen LogP contribution in [0, 0.1) is 34.9 Å². The van der Waals surface area contributed by atoms with Crippen LogP contribution in [-0.2, 0) is 12.1 Å². The van der Waals surface area contributed by atoms with Gasteiger partial charge in [-0.25, -0.2) is 36.0 Å². The Morgan fingerprint density at radius 1 is 1.09 bits per heavy atom. The number of aliphatic hydroxyl groups is 1. The van der Waals surface area contributed by atoms with Crippen molar-refractivity contribution in [1.82, 2.24) is 19.9 Å². The number of aromatic nitrogens is 3. The van der Waals surface area contributed by atoms with Crippen LogP contribution < -0.4 is 0 Å². The zero-order chi connectivity index (χ0) is 23.8. The molecular formula is C19H13F7N4O2. The Labute approximate surface area is 175 Å². The Morgan fingerprint density at radius 2 is 1.78 bits per heavy atom. The standard InChI is InChI=1S/C19H13F7N4O2/c1-9(30(26)18(31)11-5-14(22)16(24)17(25)15(11)23)19(32,6-29-8-27-7-28-29)12-3-2-10(20)4-13(12)21/h2-5,7-9,32H,6H2,1H3/t9-,19?/m1/s1. The van der Waals surface area contributed by atoms with Gasteiger partial charge in [0.15, 0.2) is 23.3 Å². The monoisotopic (exact) mass is 462 g/mol. The molecule has 32 heavy (non-hydrogen) atoms. The average Bonchev–Trinajstić information content (AvgIpc) is 3.25. The first-order chi connectivity index (χ1) is 15.0. The van der Waals surface area contributed by atoms with E-state index in [4.69, 9.17) is 0 Å². The lowest BCUT2D eigenvalue weighted by Gasteiger charge is -2.37. The molecule has 1 amide bonds. The Bertz CT molecular complexity index is 1160. The first kappa shape index (κ1) is 23.2. The number of carbonyl (C=O) groups is 1. The number of nitrogens with zero attached hydrogens (tertiary/aromatic N) is 4. The summed E-state index contributed by atoms with van der Waals surface area (Å²) in [7, 11) is 0. The minimum absolute atomic E-state index is 0.0651. The van der Waals surface area contributed by atoms with Crippen molar-refractivity contribution < 1.29 is 40.7 Å². The highest BCUT2D eigenvalue weighted by Crippen LogP contribution is 2.34. The first-order valence-corrected chi connectivity index (χ1v) is 8.80. The summed E-state index contributed by atoms with van der Waals surface area (Å²) < 4.78 is 97.8. The van der Waals surface area contributed by atoms with E-state index in [0.29, 0.717) is 6.07 Å². The molecule has 0 aliphatic heterocycles. The van der Waals surface area contributed by atoms with Crippen LogP contribution >= 0.6 is 0 Å². The Kier molecular flexibility index (Phi) is 6.21. The predicted octanol–water partition coefficient (Wildman–Crippen LogP) is 3.42. The molecule has 1 heterocycles. The summed E-state index contributed by atoms with van der Waals surface area (Å²) >= 11 is 0. The molecule has 1 N–H and O–H groups in total. The van der Waals surface area contributed by atoms with Crippen LogP contribution in [0.1, 0.15) is 22.8 Å². The molecule has 170 valence electrons. The molecule has 2 aromatic carbocycles. The Morgan fingerprint density at radius 3 is 2.38 bits per heavy atom. The molecule has 0 aliphatic carbocycles. The molecule has 0 aliphatic rings. The fourth-order valence-electron chi connectivity index (χ4n) is 3.05. The van der Waals surface area contributed by atoms with E-state index >= 15 is 4.48 Å². The summed E-state index contributed by atoms with van der Waals surface area (Å²) in [6.45, 7) is 0.144. The molecule has 0 fully saturated rings. The van der Waals surface area contributed by atoms with Crippen molar-refractivity contribution >= 4 is 5.91 Å². The van der Waals surface area contributed by atoms with E-state index in [0.717, 1.165) is 36.4 Å². The fraction of sp³-hybridized carbons (Fsp3) is 0.211. The van der Waals surface area contributed by atoms with Crippen molar-refractivity contribution in [2.75, 3.05) is 0 Å². The van der Waals surface area contributed by atoms with Crippen LogP contribution in [0.4, 0.5) is 30.8 Å². The van der Waals surface area contributed by atoms with Crippen molar-refractivity contribution in [2.45, 2.75) is 25.1 Å². The molecule has 13 heteroatoms. The number of carbonyl (C=O) groups excluding carboxylic acids is 1. The number of hydrogen-bond donors (Lipinski definition) is 1. The Hall–Kier alpha value is -3.48. The van der Waals surface area contributed by atoms with Gasteiger partial charge in [0.05, 0.1) is 18.2 Å². The summed E-state index contributed by atoms with van der Waals surface area (Å²) in [4.78, 5) is 16.0. The van der Waals surface area contributed by atoms with Crippen LogP contribution in [0.2, 0.25) is 0 Å². The van der Waals surface area contributed by atoms with Gasteiger partial charge >= 0.3 is 0 Å². The van der Waals surface area contributed by atoms with Crippen LogP contribution in [0.3, 0.4) is 0 Å². The quantitative estimate of drug-likeness (QED) is 0.264. The Balaban J connectivity index is 2.06. The maximum absolute atomic E-state index is 15.0. The molecule has 0 saturated heterocycles. The average molecular weight is 462 g/mol. The third kappa shape index (κ3) is 4.02. The van der Waals surface area contributed by atoms with Crippen molar-refractivity contribution in [3.05, 3.63) is 83.0 Å². The minimum atomic E-state index is -2.66. The number of rotatable bonds is 6. The highest BCUT2D eigenvalue weighted by atomic mass is 19.2. The highest BCUT2D eigenvalue weighted by molar-refractivity contribution is 5.94.